The maximum absolute atomic E-state index is 14.5. The molecule has 0 unspecified atom stereocenters. The molecule has 2 aromatic carbocycles. The Balaban J connectivity index is 2.17. The van der Waals surface area contributed by atoms with Crippen molar-refractivity contribution in [2.45, 2.75) is 24.2 Å². The van der Waals surface area contributed by atoms with E-state index in [0.717, 1.165) is 24.4 Å². The number of benzene rings is 2. The smallest absolute Gasteiger partial charge is 0.438 e. The van der Waals surface area contributed by atoms with Gasteiger partial charge in [-0.25, -0.2) is 18.7 Å². The fraction of sp³-hybridized carbons (Fsp3) is 0.174. The second kappa shape index (κ2) is 10.3. The van der Waals surface area contributed by atoms with Gasteiger partial charge in [-0.1, -0.05) is 6.07 Å². The molecule has 0 aliphatic heterocycles. The average molecular weight is 590 g/mol. The highest BCUT2D eigenvalue weighted by Gasteiger charge is 2.77. The van der Waals surface area contributed by atoms with Crippen LogP contribution in [0.2, 0.25) is 0 Å². The average Bonchev–Trinajstić information content (AvgIpc) is 2.84. The second-order valence-electron chi connectivity index (χ2n) is 7.67. The Hall–Kier alpha value is -4.31. The molecule has 1 heterocycles. The lowest BCUT2D eigenvalue weighted by Crippen LogP contribution is -2.61. The van der Waals surface area contributed by atoms with Gasteiger partial charge in [0.25, 0.3) is 5.91 Å². The summed E-state index contributed by atoms with van der Waals surface area (Å²) in [6.45, 7) is 0. The van der Waals surface area contributed by atoms with Crippen molar-refractivity contribution < 1.29 is 67.0 Å². The van der Waals surface area contributed by atoms with E-state index >= 15 is 0 Å². The summed E-state index contributed by atoms with van der Waals surface area (Å²) in [5.41, 5.74) is -4.13. The zero-order chi connectivity index (χ0) is 30.3. The number of rotatable bonds is 6. The summed E-state index contributed by atoms with van der Waals surface area (Å²) in [4.78, 5) is 28.0. The third-order valence-electron chi connectivity index (χ3n) is 4.95. The summed E-state index contributed by atoms with van der Waals surface area (Å²) in [5, 5.41) is 0. The molecule has 0 saturated heterocycles. The fourth-order valence-corrected chi connectivity index (χ4v) is 3.03. The first-order valence-corrected chi connectivity index (χ1v) is 10.3. The number of pyridine rings is 1. The van der Waals surface area contributed by atoms with Crippen LogP contribution in [0.4, 0.5) is 58.4 Å². The Morgan fingerprint density at radius 1 is 0.800 bits per heavy atom. The molecule has 0 aliphatic carbocycles. The number of aromatic nitrogens is 1. The minimum Gasteiger partial charge on any atom is -0.438 e. The number of anilines is 1. The van der Waals surface area contributed by atoms with Gasteiger partial charge in [-0.2, -0.15) is 43.9 Å². The van der Waals surface area contributed by atoms with Crippen molar-refractivity contribution in [2.75, 3.05) is 4.90 Å². The van der Waals surface area contributed by atoms with E-state index in [0.29, 0.717) is 18.2 Å². The second-order valence-corrected chi connectivity index (χ2v) is 7.67. The van der Waals surface area contributed by atoms with Crippen LogP contribution in [0.1, 0.15) is 15.9 Å². The summed E-state index contributed by atoms with van der Waals surface area (Å²) < 4.78 is 166. The van der Waals surface area contributed by atoms with Gasteiger partial charge in [-0.3, -0.25) is 9.59 Å². The first-order valence-electron chi connectivity index (χ1n) is 10.3. The van der Waals surface area contributed by atoms with Crippen molar-refractivity contribution >= 4 is 17.5 Å². The van der Waals surface area contributed by atoms with Gasteiger partial charge >= 0.3 is 30.1 Å². The molecule has 3 aromatic rings. The summed E-state index contributed by atoms with van der Waals surface area (Å²) in [7, 11) is 0. The predicted octanol–water partition coefficient (Wildman–Crippen LogP) is 7.18. The van der Waals surface area contributed by atoms with E-state index in [4.69, 9.17) is 4.74 Å². The molecule has 214 valence electrons. The van der Waals surface area contributed by atoms with Gasteiger partial charge in [-0.05, 0) is 42.5 Å². The monoisotopic (exact) mass is 590 g/mol. The normalized spacial score (nSPS) is 12.7. The lowest BCUT2D eigenvalue weighted by molar-refractivity contribution is -0.343. The number of imide groups is 1. The molecular formula is C23H10F12N2O3. The number of carbonyl (C=O) groups is 2. The van der Waals surface area contributed by atoms with Crippen molar-refractivity contribution in [3.05, 3.63) is 83.6 Å². The van der Waals surface area contributed by atoms with Gasteiger partial charge in [0.05, 0.1) is 11.3 Å². The van der Waals surface area contributed by atoms with Crippen LogP contribution >= 0.6 is 0 Å². The molecular weight excluding hydrogens is 580 g/mol. The van der Waals surface area contributed by atoms with Crippen LogP contribution in [0.15, 0.2) is 60.8 Å². The molecule has 0 radical (unpaired) electrons. The lowest BCUT2D eigenvalue weighted by Gasteiger charge is -2.31. The number of hydrogen-bond acceptors (Lipinski definition) is 4. The van der Waals surface area contributed by atoms with Crippen LogP contribution < -0.4 is 9.64 Å². The van der Waals surface area contributed by atoms with Crippen molar-refractivity contribution in [3.63, 3.8) is 0 Å². The molecule has 0 fully saturated rings. The summed E-state index contributed by atoms with van der Waals surface area (Å²) in [6, 6.07) is 4.46. The van der Waals surface area contributed by atoms with E-state index in [1.165, 1.54) is 0 Å². The highest BCUT2D eigenvalue weighted by atomic mass is 19.4. The van der Waals surface area contributed by atoms with Crippen molar-refractivity contribution in [1.82, 2.24) is 4.98 Å². The Morgan fingerprint density at radius 2 is 1.45 bits per heavy atom. The number of ether oxygens (including phenoxy) is 1. The highest BCUT2D eigenvalue weighted by Crippen LogP contribution is 2.48. The molecule has 0 saturated carbocycles. The number of alkyl halides is 10. The molecule has 0 atom stereocenters. The highest BCUT2D eigenvalue weighted by molar-refractivity contribution is 6.23. The first-order chi connectivity index (χ1) is 18.3. The quantitative estimate of drug-likeness (QED) is 0.286. The number of hydrogen-bond donors (Lipinski definition) is 0. The lowest BCUT2D eigenvalue weighted by atomic mass is 10.1. The molecule has 0 aliphatic rings. The van der Waals surface area contributed by atoms with Gasteiger partial charge in [0, 0.05) is 12.3 Å². The molecule has 5 nitrogen and oxygen atoms in total. The van der Waals surface area contributed by atoms with Gasteiger partial charge in [-0.15, -0.1) is 0 Å². The zero-order valence-corrected chi connectivity index (χ0v) is 18.9. The van der Waals surface area contributed by atoms with Gasteiger partial charge in [0.15, 0.2) is 0 Å². The zero-order valence-electron chi connectivity index (χ0n) is 18.9. The molecule has 2 amide bonds. The fourth-order valence-electron chi connectivity index (χ4n) is 3.03. The van der Waals surface area contributed by atoms with Gasteiger partial charge in [0.1, 0.15) is 22.9 Å². The summed E-state index contributed by atoms with van der Waals surface area (Å²) >= 11 is 0. The maximum atomic E-state index is 14.5. The van der Waals surface area contributed by atoms with E-state index in [1.807, 2.05) is 0 Å². The van der Waals surface area contributed by atoms with Gasteiger partial charge < -0.3 is 4.74 Å². The standard InChI is InChI=1S/C23H10F12N2O3/c24-12-6-7-16(15(25)10-12)37(19(39)20(26,27)22(31,32)23(33,34)35)18(38)14-5-2-8-36-17(14)40-13-4-1-3-11(9-13)21(28,29)30/h1-10H. The SMILES string of the molecule is O=C(c1cccnc1Oc1cccc(C(F)(F)F)c1)N(C(=O)C(F)(F)C(F)(F)C(F)(F)F)c1ccc(F)cc1F. The van der Waals surface area contributed by atoms with E-state index in [-0.39, 0.29) is 18.2 Å². The van der Waals surface area contributed by atoms with Crippen LogP contribution in [0, 0.1) is 11.6 Å². The largest absolute Gasteiger partial charge is 0.460 e. The van der Waals surface area contributed by atoms with Crippen molar-refractivity contribution in [1.29, 1.82) is 0 Å². The Labute approximate surface area is 214 Å². The molecule has 17 heteroatoms. The Kier molecular flexibility index (Phi) is 7.82. The van der Waals surface area contributed by atoms with Crippen molar-refractivity contribution in [2.24, 2.45) is 0 Å². The number of halogens is 12. The van der Waals surface area contributed by atoms with E-state index in [2.05, 4.69) is 4.98 Å². The van der Waals surface area contributed by atoms with Crippen molar-refractivity contribution in [3.8, 4) is 11.6 Å². The first kappa shape index (κ1) is 30.2. The molecule has 1 aromatic heterocycles. The number of amides is 2. The third-order valence-corrected chi connectivity index (χ3v) is 4.95. The van der Waals surface area contributed by atoms with Crippen LogP contribution in [0.25, 0.3) is 0 Å². The maximum Gasteiger partial charge on any atom is 0.460 e. The van der Waals surface area contributed by atoms with E-state index in [1.54, 1.807) is 0 Å². The Morgan fingerprint density at radius 3 is 2.02 bits per heavy atom. The van der Waals surface area contributed by atoms with Crippen LogP contribution in [-0.2, 0) is 11.0 Å². The Bertz CT molecular complexity index is 1440. The van der Waals surface area contributed by atoms with Crippen LogP contribution in [0.5, 0.6) is 11.6 Å². The number of carbonyl (C=O) groups excluding carboxylic acids is 2. The minimum absolute atomic E-state index is 0.105. The third kappa shape index (κ3) is 5.67. The van der Waals surface area contributed by atoms with Crippen LogP contribution in [0.3, 0.4) is 0 Å². The predicted molar refractivity (Wildman–Crippen MR) is 110 cm³/mol. The molecule has 40 heavy (non-hydrogen) atoms. The molecule has 0 spiro atoms. The summed E-state index contributed by atoms with van der Waals surface area (Å²) in [6.07, 6.45) is -11.1. The summed E-state index contributed by atoms with van der Waals surface area (Å²) in [5.74, 6) is -24.8. The molecule has 0 N–H and O–H groups in total. The number of nitrogens with zero attached hydrogens (tertiary/aromatic N) is 2. The van der Waals surface area contributed by atoms with E-state index in [9.17, 15) is 62.3 Å². The topological polar surface area (TPSA) is 59.5 Å². The van der Waals surface area contributed by atoms with Crippen LogP contribution in [-0.4, -0.2) is 34.8 Å². The minimum atomic E-state index is -7.08. The van der Waals surface area contributed by atoms with Gasteiger partial charge in [0.2, 0.25) is 5.88 Å². The molecule has 0 bridgehead atoms. The molecule has 3 rings (SSSR count). The van der Waals surface area contributed by atoms with E-state index < -0.39 is 81.0 Å².